The van der Waals surface area contributed by atoms with Gasteiger partial charge in [0.25, 0.3) is 0 Å². The normalized spacial score (nSPS) is 10.3. The monoisotopic (exact) mass is 341 g/mol. The minimum absolute atomic E-state index is 0.228. The summed E-state index contributed by atoms with van der Waals surface area (Å²) in [5.41, 5.74) is 1.63. The van der Waals surface area contributed by atoms with Gasteiger partial charge in [0.05, 0.1) is 22.3 Å². The van der Waals surface area contributed by atoms with Crippen LogP contribution in [-0.2, 0) is 6.54 Å². The van der Waals surface area contributed by atoms with Crippen molar-refractivity contribution in [1.82, 2.24) is 0 Å². The summed E-state index contributed by atoms with van der Waals surface area (Å²) in [4.78, 5) is 0. The molecule has 0 unspecified atom stereocenters. The minimum Gasteiger partial charge on any atom is -0.508 e. The van der Waals surface area contributed by atoms with E-state index in [0.29, 0.717) is 17.3 Å². The number of methoxy groups -OCH3 is 1. The van der Waals surface area contributed by atoms with E-state index in [2.05, 4.69) is 21.2 Å². The molecule has 0 aliphatic rings. The second kappa shape index (κ2) is 6.17. The van der Waals surface area contributed by atoms with Crippen LogP contribution in [0.2, 0.25) is 5.02 Å². The summed E-state index contributed by atoms with van der Waals surface area (Å²) < 4.78 is 5.94. The Morgan fingerprint density at radius 2 is 2.11 bits per heavy atom. The van der Waals surface area contributed by atoms with Crippen molar-refractivity contribution in [1.29, 1.82) is 0 Å². The van der Waals surface area contributed by atoms with Crippen LogP contribution in [0.1, 0.15) is 5.56 Å². The summed E-state index contributed by atoms with van der Waals surface area (Å²) in [5, 5.41) is 13.7. The lowest BCUT2D eigenvalue weighted by atomic mass is 10.2. The van der Waals surface area contributed by atoms with Crippen LogP contribution in [0.5, 0.6) is 11.5 Å². The fraction of sp³-hybridized carbons (Fsp3) is 0.143. The Morgan fingerprint density at radius 1 is 1.32 bits per heavy atom. The topological polar surface area (TPSA) is 41.5 Å². The summed E-state index contributed by atoms with van der Waals surface area (Å²) in [6.45, 7) is 0.474. The molecule has 2 aromatic carbocycles. The van der Waals surface area contributed by atoms with E-state index in [0.717, 1.165) is 15.7 Å². The number of phenols is 1. The number of aromatic hydroxyl groups is 1. The largest absolute Gasteiger partial charge is 0.508 e. The Bertz CT molecular complexity index is 590. The van der Waals surface area contributed by atoms with Crippen LogP contribution < -0.4 is 10.1 Å². The zero-order chi connectivity index (χ0) is 13.8. The van der Waals surface area contributed by atoms with E-state index >= 15 is 0 Å². The first-order valence-electron chi connectivity index (χ1n) is 5.65. The van der Waals surface area contributed by atoms with Gasteiger partial charge < -0.3 is 15.2 Å². The number of rotatable bonds is 4. The Balaban J connectivity index is 2.16. The first-order chi connectivity index (χ1) is 9.11. The molecular formula is C14H13BrClNO2. The van der Waals surface area contributed by atoms with Gasteiger partial charge in [-0.1, -0.05) is 17.7 Å². The number of hydrogen-bond acceptors (Lipinski definition) is 3. The number of phenolic OH excluding ortho intramolecular Hbond substituents is 1. The molecule has 0 saturated heterocycles. The van der Waals surface area contributed by atoms with Gasteiger partial charge in [0.2, 0.25) is 0 Å². The lowest BCUT2D eigenvalue weighted by Crippen LogP contribution is -2.01. The van der Waals surface area contributed by atoms with Gasteiger partial charge in [-0.3, -0.25) is 0 Å². The van der Waals surface area contributed by atoms with Crippen LogP contribution in [0, 0.1) is 0 Å². The highest BCUT2D eigenvalue weighted by molar-refractivity contribution is 9.10. The number of halogens is 2. The molecule has 2 aromatic rings. The average molecular weight is 343 g/mol. The van der Waals surface area contributed by atoms with Gasteiger partial charge in [0, 0.05) is 12.1 Å². The number of nitrogens with one attached hydrogen (secondary N) is 1. The number of benzene rings is 2. The van der Waals surface area contributed by atoms with Gasteiger partial charge in [-0.15, -0.1) is 0 Å². The molecule has 0 bridgehead atoms. The van der Waals surface area contributed by atoms with Gasteiger partial charge in [0.15, 0.2) is 0 Å². The first-order valence-corrected chi connectivity index (χ1v) is 6.82. The second-order valence-electron chi connectivity index (χ2n) is 3.95. The zero-order valence-corrected chi connectivity index (χ0v) is 12.6. The first kappa shape index (κ1) is 14.0. The smallest absolute Gasteiger partial charge is 0.120 e. The zero-order valence-electron chi connectivity index (χ0n) is 10.3. The fourth-order valence-electron chi connectivity index (χ4n) is 1.66. The second-order valence-corrected chi connectivity index (χ2v) is 5.15. The number of hydrogen-bond donors (Lipinski definition) is 2. The van der Waals surface area contributed by atoms with Crippen molar-refractivity contribution in [3.63, 3.8) is 0 Å². The van der Waals surface area contributed by atoms with E-state index in [1.165, 1.54) is 0 Å². The maximum Gasteiger partial charge on any atom is 0.120 e. The van der Waals surface area contributed by atoms with E-state index < -0.39 is 0 Å². The van der Waals surface area contributed by atoms with Gasteiger partial charge in [-0.2, -0.15) is 0 Å². The van der Waals surface area contributed by atoms with Crippen LogP contribution in [0.3, 0.4) is 0 Å². The SMILES string of the molecule is COc1ccc(O)c(CNc2cccc(Cl)c2Br)c1. The Morgan fingerprint density at radius 3 is 2.84 bits per heavy atom. The Labute approximate surface area is 125 Å². The highest BCUT2D eigenvalue weighted by Crippen LogP contribution is 2.31. The molecule has 0 fully saturated rings. The summed E-state index contributed by atoms with van der Waals surface area (Å²) in [5.74, 6) is 0.936. The molecule has 0 aromatic heterocycles. The molecule has 5 heteroatoms. The van der Waals surface area contributed by atoms with Gasteiger partial charge in [-0.05, 0) is 46.3 Å². The minimum atomic E-state index is 0.228. The van der Waals surface area contributed by atoms with E-state index in [-0.39, 0.29) is 5.75 Å². The molecule has 2 rings (SSSR count). The summed E-state index contributed by atoms with van der Waals surface area (Å²) >= 11 is 9.44. The van der Waals surface area contributed by atoms with Crippen molar-refractivity contribution >= 4 is 33.2 Å². The molecular weight excluding hydrogens is 330 g/mol. The van der Waals surface area contributed by atoms with Crippen molar-refractivity contribution in [2.75, 3.05) is 12.4 Å². The van der Waals surface area contributed by atoms with E-state index in [4.69, 9.17) is 16.3 Å². The number of ether oxygens (including phenoxy) is 1. The van der Waals surface area contributed by atoms with Crippen LogP contribution in [-0.4, -0.2) is 12.2 Å². The highest BCUT2D eigenvalue weighted by Gasteiger charge is 2.06. The van der Waals surface area contributed by atoms with Crippen LogP contribution >= 0.6 is 27.5 Å². The third-order valence-electron chi connectivity index (χ3n) is 2.71. The fourth-order valence-corrected chi connectivity index (χ4v) is 2.24. The predicted octanol–water partition coefficient (Wildman–Crippen LogP) is 4.43. The third kappa shape index (κ3) is 3.33. The number of anilines is 1. The molecule has 100 valence electrons. The molecule has 0 radical (unpaired) electrons. The van der Waals surface area contributed by atoms with Crippen LogP contribution in [0.25, 0.3) is 0 Å². The van der Waals surface area contributed by atoms with Crippen molar-refractivity contribution in [2.45, 2.75) is 6.54 Å². The quantitative estimate of drug-likeness (QED) is 0.863. The molecule has 3 nitrogen and oxygen atoms in total. The molecule has 0 heterocycles. The summed E-state index contributed by atoms with van der Waals surface area (Å²) in [7, 11) is 1.59. The lowest BCUT2D eigenvalue weighted by molar-refractivity contribution is 0.411. The molecule has 0 atom stereocenters. The maximum absolute atomic E-state index is 9.80. The Hall–Kier alpha value is -1.39. The molecule has 0 aliphatic carbocycles. The average Bonchev–Trinajstić information content (AvgIpc) is 2.42. The molecule has 0 saturated carbocycles. The van der Waals surface area contributed by atoms with Crippen molar-refractivity contribution < 1.29 is 9.84 Å². The maximum atomic E-state index is 9.80. The van der Waals surface area contributed by atoms with Gasteiger partial charge >= 0.3 is 0 Å². The standard InChI is InChI=1S/C14H13BrClNO2/c1-19-10-5-6-13(18)9(7-10)8-17-12-4-2-3-11(16)14(12)15/h2-7,17-18H,8H2,1H3. The summed E-state index contributed by atoms with van der Waals surface area (Å²) in [6, 6.07) is 10.7. The van der Waals surface area contributed by atoms with Gasteiger partial charge in [0.1, 0.15) is 11.5 Å². The molecule has 0 aliphatic heterocycles. The lowest BCUT2D eigenvalue weighted by Gasteiger charge is -2.11. The van der Waals surface area contributed by atoms with E-state index in [1.54, 1.807) is 31.4 Å². The summed E-state index contributed by atoms with van der Waals surface area (Å²) in [6.07, 6.45) is 0. The molecule has 0 amide bonds. The molecule has 19 heavy (non-hydrogen) atoms. The van der Waals surface area contributed by atoms with E-state index in [9.17, 15) is 5.11 Å². The third-order valence-corrected chi connectivity index (χ3v) is 4.11. The van der Waals surface area contributed by atoms with Crippen molar-refractivity contribution in [2.24, 2.45) is 0 Å². The highest BCUT2D eigenvalue weighted by atomic mass is 79.9. The van der Waals surface area contributed by atoms with Crippen LogP contribution in [0.4, 0.5) is 5.69 Å². The van der Waals surface area contributed by atoms with Crippen LogP contribution in [0.15, 0.2) is 40.9 Å². The molecule has 0 spiro atoms. The van der Waals surface area contributed by atoms with Crippen molar-refractivity contribution in [3.8, 4) is 11.5 Å². The molecule has 2 N–H and O–H groups in total. The van der Waals surface area contributed by atoms with Gasteiger partial charge in [-0.25, -0.2) is 0 Å². The Kier molecular flexibility index (Phi) is 4.56. The van der Waals surface area contributed by atoms with E-state index in [1.807, 2.05) is 12.1 Å². The van der Waals surface area contributed by atoms with Crippen molar-refractivity contribution in [3.05, 3.63) is 51.5 Å². The predicted molar refractivity (Wildman–Crippen MR) is 81.1 cm³/mol.